The van der Waals surface area contributed by atoms with Gasteiger partial charge in [-0.1, -0.05) is 68.4 Å². The van der Waals surface area contributed by atoms with E-state index in [1.54, 1.807) is 8.99 Å². The Kier molecular flexibility index (Phi) is 13.1. The third kappa shape index (κ3) is 8.66. The fourth-order valence-electron chi connectivity index (χ4n) is 7.64. The van der Waals surface area contributed by atoms with Crippen molar-refractivity contribution >= 4 is 37.7 Å². The average molecular weight is 759 g/mol. The molecule has 3 aromatic carbocycles. The molecule has 12 nitrogen and oxygen atoms in total. The number of nitrogens with one attached hydrogen (secondary N) is 1. The smallest absolute Gasteiger partial charge is 0.352 e. The zero-order valence-corrected chi connectivity index (χ0v) is 32.8. The molecule has 0 spiro atoms. The Morgan fingerprint density at radius 3 is 2.43 bits per heavy atom. The molecule has 5 aromatic rings. The molecule has 2 aliphatic rings. The first-order chi connectivity index (χ1) is 26.1. The molecular weight excluding hydrogens is 705 g/mol. The van der Waals surface area contributed by atoms with Gasteiger partial charge in [0.15, 0.2) is 0 Å². The molecule has 0 aliphatic carbocycles. The van der Waals surface area contributed by atoms with Crippen LogP contribution in [0.2, 0.25) is 0 Å². The van der Waals surface area contributed by atoms with Crippen LogP contribution in [0, 0.1) is 6.92 Å². The number of carbonyl (C=O) groups is 1. The van der Waals surface area contributed by atoms with E-state index in [1.807, 2.05) is 67.1 Å². The summed E-state index contributed by atoms with van der Waals surface area (Å²) in [6.07, 6.45) is 1.38. The standard InChI is InChI=1S/C37H43N5O6S.C4H11N/c1-26-34-31-13-6-12-29-30(14-7-21-48-33-15-5-10-27-9-3-4-11-28(27)33)36(37(43)44)42(35(29)31)16-8-24-49(45,46)41(25-32(34)38-39(26)2)18-17-40-19-22-47-23-20-40;1-3-5-4-2/h3-6,9-13,15H,7-8,14,16-25H2,1-2H3,(H,43,44);5H,3-4H2,1-2H3. The van der Waals surface area contributed by atoms with Gasteiger partial charge in [-0.3, -0.25) is 9.58 Å². The average Bonchev–Trinajstić information content (AvgIpc) is 3.64. The minimum atomic E-state index is -3.68. The second kappa shape index (κ2) is 17.9. The molecule has 0 radical (unpaired) electrons. The second-order valence-electron chi connectivity index (χ2n) is 13.9. The van der Waals surface area contributed by atoms with Crippen molar-refractivity contribution in [3.8, 4) is 16.9 Å². The van der Waals surface area contributed by atoms with Gasteiger partial charge in [-0.15, -0.1) is 0 Å². The van der Waals surface area contributed by atoms with E-state index >= 15 is 0 Å². The zero-order valence-electron chi connectivity index (χ0n) is 32.0. The van der Waals surface area contributed by atoms with Crippen LogP contribution in [0.15, 0.2) is 60.7 Å². The molecule has 7 rings (SSSR count). The molecule has 0 unspecified atom stereocenters. The lowest BCUT2D eigenvalue weighted by atomic mass is 9.98. The fourth-order valence-corrected chi connectivity index (χ4v) is 9.07. The third-order valence-electron chi connectivity index (χ3n) is 10.4. The minimum Gasteiger partial charge on any atom is -0.493 e. The van der Waals surface area contributed by atoms with Gasteiger partial charge < -0.3 is 24.5 Å². The monoisotopic (exact) mass is 758 g/mol. The van der Waals surface area contributed by atoms with Crippen molar-refractivity contribution in [3.05, 3.63) is 83.3 Å². The van der Waals surface area contributed by atoms with Gasteiger partial charge in [-0.2, -0.15) is 9.40 Å². The summed E-state index contributed by atoms with van der Waals surface area (Å²) in [4.78, 5) is 15.3. The van der Waals surface area contributed by atoms with Crippen molar-refractivity contribution in [2.45, 2.75) is 53.1 Å². The maximum absolute atomic E-state index is 13.9. The van der Waals surface area contributed by atoms with E-state index in [0.717, 1.165) is 76.0 Å². The number of hydrogen-bond acceptors (Lipinski definition) is 8. The quantitative estimate of drug-likeness (QED) is 0.163. The largest absolute Gasteiger partial charge is 0.493 e. The molecule has 290 valence electrons. The number of fused-ring (bicyclic) bond motifs is 3. The molecule has 54 heavy (non-hydrogen) atoms. The van der Waals surface area contributed by atoms with Gasteiger partial charge in [0, 0.05) is 67.4 Å². The summed E-state index contributed by atoms with van der Waals surface area (Å²) in [5.74, 6) is -0.317. The van der Waals surface area contributed by atoms with Crippen LogP contribution in [0.25, 0.3) is 32.8 Å². The number of aryl methyl sites for hydroxylation is 3. The predicted octanol–water partition coefficient (Wildman–Crippen LogP) is 5.70. The first-order valence-electron chi connectivity index (χ1n) is 19.1. The molecule has 2 aromatic heterocycles. The maximum atomic E-state index is 13.9. The Bertz CT molecular complexity index is 2160. The van der Waals surface area contributed by atoms with Crippen molar-refractivity contribution in [3.63, 3.8) is 0 Å². The number of benzene rings is 3. The van der Waals surface area contributed by atoms with Crippen LogP contribution in [-0.4, -0.2) is 108 Å². The summed E-state index contributed by atoms with van der Waals surface area (Å²) in [6, 6.07) is 20.0. The van der Waals surface area contributed by atoms with E-state index in [9.17, 15) is 18.3 Å². The van der Waals surface area contributed by atoms with Crippen LogP contribution in [0.5, 0.6) is 5.75 Å². The number of aromatic carboxylic acids is 1. The van der Waals surface area contributed by atoms with E-state index in [4.69, 9.17) is 14.6 Å². The lowest BCUT2D eigenvalue weighted by molar-refractivity contribution is 0.0361. The van der Waals surface area contributed by atoms with E-state index in [-0.39, 0.29) is 31.0 Å². The maximum Gasteiger partial charge on any atom is 0.352 e. The number of rotatable bonds is 11. The molecule has 2 N–H and O–H groups in total. The van der Waals surface area contributed by atoms with Gasteiger partial charge in [0.2, 0.25) is 10.0 Å². The highest BCUT2D eigenvalue weighted by molar-refractivity contribution is 7.89. The van der Waals surface area contributed by atoms with Gasteiger partial charge in [0.1, 0.15) is 11.4 Å². The normalized spacial score (nSPS) is 16.4. The first kappa shape index (κ1) is 39.4. The molecular formula is C41H54N6O6S. The molecule has 0 saturated carbocycles. The van der Waals surface area contributed by atoms with Crippen molar-refractivity contribution in [2.75, 3.05) is 64.8 Å². The number of para-hydroxylation sites is 1. The summed E-state index contributed by atoms with van der Waals surface area (Å²) in [5.41, 5.74) is 5.02. The number of hydrogen-bond donors (Lipinski definition) is 2. The van der Waals surface area contributed by atoms with E-state index < -0.39 is 16.0 Å². The van der Waals surface area contributed by atoms with Gasteiger partial charge in [0.25, 0.3) is 0 Å². The van der Waals surface area contributed by atoms with Crippen molar-refractivity contribution in [1.29, 1.82) is 0 Å². The number of sulfonamides is 1. The molecule has 0 amide bonds. The van der Waals surface area contributed by atoms with Crippen LogP contribution in [0.3, 0.4) is 0 Å². The van der Waals surface area contributed by atoms with Gasteiger partial charge >= 0.3 is 5.97 Å². The van der Waals surface area contributed by atoms with Crippen LogP contribution >= 0.6 is 0 Å². The lowest BCUT2D eigenvalue weighted by Gasteiger charge is -2.29. The van der Waals surface area contributed by atoms with Crippen LogP contribution < -0.4 is 10.1 Å². The van der Waals surface area contributed by atoms with Gasteiger partial charge in [-0.25, -0.2) is 13.2 Å². The Morgan fingerprint density at radius 2 is 1.69 bits per heavy atom. The number of carboxylic acid groups (broad SMARTS) is 1. The zero-order chi connectivity index (χ0) is 38.2. The van der Waals surface area contributed by atoms with Crippen molar-refractivity contribution in [1.82, 2.24) is 28.9 Å². The van der Waals surface area contributed by atoms with E-state index in [1.165, 1.54) is 0 Å². The summed E-state index contributed by atoms with van der Waals surface area (Å²) in [6.45, 7) is 13.0. The first-order valence-corrected chi connectivity index (χ1v) is 20.7. The topological polar surface area (TPSA) is 131 Å². The molecule has 4 heterocycles. The van der Waals surface area contributed by atoms with Crippen LogP contribution in [0.1, 0.15) is 54.1 Å². The summed E-state index contributed by atoms with van der Waals surface area (Å²) >= 11 is 0. The third-order valence-corrected chi connectivity index (χ3v) is 12.3. The molecule has 0 atom stereocenters. The SMILES string of the molecule is CCNCC.Cc1c2c(nn1C)CN(CCN1CCOCC1)S(=O)(=O)CCCn1c(C(=O)O)c(CCCOc3cccc4ccccc34)c3cccc-2c31. The Labute approximate surface area is 318 Å². The molecule has 13 heteroatoms. The number of nitrogens with zero attached hydrogens (tertiary/aromatic N) is 5. The molecule has 1 saturated heterocycles. The summed E-state index contributed by atoms with van der Waals surface area (Å²) in [7, 11) is -1.81. The number of carboxylic acids is 1. The number of morpholine rings is 1. The summed E-state index contributed by atoms with van der Waals surface area (Å²) < 4.78 is 44.7. The van der Waals surface area contributed by atoms with E-state index in [2.05, 4.69) is 36.2 Å². The highest BCUT2D eigenvalue weighted by atomic mass is 32.2. The molecule has 0 bridgehead atoms. The Morgan fingerprint density at radius 1 is 0.963 bits per heavy atom. The minimum absolute atomic E-state index is 0.0909. The second-order valence-corrected chi connectivity index (χ2v) is 15.9. The Balaban J connectivity index is 0.000000934. The highest BCUT2D eigenvalue weighted by Crippen LogP contribution is 2.39. The highest BCUT2D eigenvalue weighted by Gasteiger charge is 2.31. The lowest BCUT2D eigenvalue weighted by Crippen LogP contribution is -2.43. The predicted molar refractivity (Wildman–Crippen MR) is 214 cm³/mol. The number of aromatic nitrogens is 3. The molecule has 2 aliphatic heterocycles. The van der Waals surface area contributed by atoms with Gasteiger partial charge in [0.05, 0.1) is 43.3 Å². The van der Waals surface area contributed by atoms with Crippen molar-refractivity contribution in [2.24, 2.45) is 7.05 Å². The molecule has 1 fully saturated rings. The fraction of sp³-hybridized carbons (Fsp3) is 0.463. The van der Waals surface area contributed by atoms with Crippen LogP contribution in [-0.2, 0) is 41.3 Å². The van der Waals surface area contributed by atoms with E-state index in [0.29, 0.717) is 51.4 Å². The summed E-state index contributed by atoms with van der Waals surface area (Å²) in [5, 5.41) is 21.6. The number of ether oxygens (including phenoxy) is 2. The van der Waals surface area contributed by atoms with Crippen LogP contribution in [0.4, 0.5) is 0 Å². The van der Waals surface area contributed by atoms with Gasteiger partial charge in [-0.05, 0) is 56.3 Å². The Hall–Kier alpha value is -4.27. The van der Waals surface area contributed by atoms with Crippen molar-refractivity contribution < 1.29 is 27.8 Å².